The lowest BCUT2D eigenvalue weighted by molar-refractivity contribution is 0.0761. The van der Waals surface area contributed by atoms with Gasteiger partial charge in [0.05, 0.1) is 22.7 Å². The van der Waals surface area contributed by atoms with Gasteiger partial charge >= 0.3 is 0 Å². The summed E-state index contributed by atoms with van der Waals surface area (Å²) in [6, 6.07) is 9.32. The van der Waals surface area contributed by atoms with Crippen molar-refractivity contribution < 1.29 is 27.0 Å². The van der Waals surface area contributed by atoms with Crippen molar-refractivity contribution in [2.24, 2.45) is 0 Å². The molecule has 0 N–H and O–H groups in total. The molecule has 0 saturated carbocycles. The van der Waals surface area contributed by atoms with E-state index in [1.807, 2.05) is 0 Å². The van der Waals surface area contributed by atoms with Crippen molar-refractivity contribution in [3.63, 3.8) is 0 Å². The van der Waals surface area contributed by atoms with Crippen LogP contribution in [0.15, 0.2) is 41.3 Å². The molecule has 0 aliphatic carbocycles. The van der Waals surface area contributed by atoms with Crippen molar-refractivity contribution in [2.45, 2.75) is 11.0 Å². The van der Waals surface area contributed by atoms with E-state index in [9.17, 15) is 12.8 Å². The fourth-order valence-electron chi connectivity index (χ4n) is 3.09. The van der Waals surface area contributed by atoms with Crippen molar-refractivity contribution in [1.29, 1.82) is 0 Å². The van der Waals surface area contributed by atoms with Crippen LogP contribution in [0.25, 0.3) is 10.2 Å². The monoisotopic (exact) mass is 422 g/mol. The van der Waals surface area contributed by atoms with Gasteiger partial charge in [0.2, 0.25) is 10.0 Å². The van der Waals surface area contributed by atoms with Gasteiger partial charge in [-0.2, -0.15) is 9.29 Å². The molecule has 2 aromatic carbocycles. The van der Waals surface area contributed by atoms with Crippen LogP contribution in [0.3, 0.4) is 0 Å². The van der Waals surface area contributed by atoms with Crippen LogP contribution in [-0.4, -0.2) is 50.1 Å². The molecule has 1 fully saturated rings. The highest BCUT2D eigenvalue weighted by atomic mass is 32.2. The zero-order valence-electron chi connectivity index (χ0n) is 14.5. The lowest BCUT2D eigenvalue weighted by atomic mass is 10.2. The maximum Gasteiger partial charge on any atom is 0.274 e. The normalized spacial score (nSPS) is 17.5. The maximum absolute atomic E-state index is 13.7. The number of hydrogen-bond donors (Lipinski definition) is 0. The van der Waals surface area contributed by atoms with Crippen LogP contribution in [0.5, 0.6) is 16.7 Å². The highest BCUT2D eigenvalue weighted by molar-refractivity contribution is 7.89. The quantitative estimate of drug-likeness (QED) is 0.643. The second-order valence-corrected chi connectivity index (χ2v) is 9.36. The molecule has 0 atom stereocenters. The molecule has 0 radical (unpaired) electrons. The molecule has 1 aromatic heterocycles. The number of aromatic nitrogens is 1. The molecule has 2 aliphatic rings. The number of nitrogens with zero attached hydrogens (tertiary/aromatic N) is 2. The van der Waals surface area contributed by atoms with E-state index in [4.69, 9.17) is 14.2 Å². The third kappa shape index (κ3) is 2.97. The Kier molecular flexibility index (Phi) is 4.14. The molecule has 5 rings (SSSR count). The predicted molar refractivity (Wildman–Crippen MR) is 100 cm³/mol. The van der Waals surface area contributed by atoms with Gasteiger partial charge in [-0.05, 0) is 24.3 Å². The van der Waals surface area contributed by atoms with Gasteiger partial charge in [-0.15, -0.1) is 0 Å². The molecule has 1 saturated heterocycles. The molecule has 28 heavy (non-hydrogen) atoms. The van der Waals surface area contributed by atoms with Gasteiger partial charge in [0, 0.05) is 6.07 Å². The van der Waals surface area contributed by atoms with E-state index in [2.05, 4.69) is 4.98 Å². The van der Waals surface area contributed by atoms with E-state index in [1.54, 1.807) is 18.2 Å². The van der Waals surface area contributed by atoms with Crippen LogP contribution in [0, 0.1) is 5.82 Å². The summed E-state index contributed by atoms with van der Waals surface area (Å²) in [7, 11) is -3.65. The fraction of sp³-hybridized carbons (Fsp3) is 0.278. The van der Waals surface area contributed by atoms with E-state index >= 15 is 0 Å². The minimum atomic E-state index is -3.65. The van der Waals surface area contributed by atoms with Crippen molar-refractivity contribution in [3.05, 3.63) is 42.2 Å². The SMILES string of the molecule is O=S(=O)(c1ccc2c(c1)OCCO2)N1CC(Oc2nc3c(F)cccc3s2)C1. The van der Waals surface area contributed by atoms with Crippen molar-refractivity contribution >= 4 is 31.6 Å². The third-order valence-electron chi connectivity index (χ3n) is 4.58. The second-order valence-electron chi connectivity index (χ2n) is 6.43. The largest absolute Gasteiger partial charge is 0.486 e. The minimum Gasteiger partial charge on any atom is -0.486 e. The molecule has 10 heteroatoms. The first-order valence-electron chi connectivity index (χ1n) is 8.62. The highest BCUT2D eigenvalue weighted by Crippen LogP contribution is 2.35. The van der Waals surface area contributed by atoms with E-state index in [0.717, 1.165) is 0 Å². The Bertz CT molecular complexity index is 1160. The van der Waals surface area contributed by atoms with Crippen LogP contribution >= 0.6 is 11.3 Å². The summed E-state index contributed by atoms with van der Waals surface area (Å²) in [6.07, 6.45) is -0.324. The fourth-order valence-corrected chi connectivity index (χ4v) is 5.51. The predicted octanol–water partition coefficient (Wildman–Crippen LogP) is 2.66. The number of sulfonamides is 1. The zero-order valence-corrected chi connectivity index (χ0v) is 16.1. The smallest absolute Gasteiger partial charge is 0.274 e. The van der Waals surface area contributed by atoms with Crippen LogP contribution in [-0.2, 0) is 10.0 Å². The number of para-hydroxylation sites is 1. The van der Waals surface area contributed by atoms with Crippen LogP contribution in [0.2, 0.25) is 0 Å². The molecule has 7 nitrogen and oxygen atoms in total. The Morgan fingerprint density at radius 2 is 1.93 bits per heavy atom. The third-order valence-corrected chi connectivity index (χ3v) is 7.32. The summed E-state index contributed by atoms with van der Waals surface area (Å²) in [5.41, 5.74) is 0.266. The molecule has 146 valence electrons. The maximum atomic E-state index is 13.7. The molecule has 0 spiro atoms. The Morgan fingerprint density at radius 1 is 1.14 bits per heavy atom. The van der Waals surface area contributed by atoms with Crippen molar-refractivity contribution in [1.82, 2.24) is 9.29 Å². The average Bonchev–Trinajstić information content (AvgIpc) is 3.08. The Hall–Kier alpha value is -2.43. The number of ether oxygens (including phenoxy) is 3. The Morgan fingerprint density at radius 3 is 2.71 bits per heavy atom. The van der Waals surface area contributed by atoms with Crippen LogP contribution in [0.4, 0.5) is 4.39 Å². The number of fused-ring (bicyclic) bond motifs is 2. The number of halogens is 1. The van der Waals surface area contributed by atoms with Gasteiger partial charge < -0.3 is 14.2 Å². The lowest BCUT2D eigenvalue weighted by Gasteiger charge is -2.37. The first-order valence-corrected chi connectivity index (χ1v) is 10.9. The Balaban J connectivity index is 1.28. The van der Waals surface area contributed by atoms with E-state index < -0.39 is 15.8 Å². The lowest BCUT2D eigenvalue weighted by Crippen LogP contribution is -2.55. The molecule has 0 unspecified atom stereocenters. The summed E-state index contributed by atoms with van der Waals surface area (Å²) >= 11 is 1.24. The zero-order chi connectivity index (χ0) is 19.3. The summed E-state index contributed by atoms with van der Waals surface area (Å²) in [4.78, 5) is 4.30. The standard InChI is InChI=1S/C18H15FN2O5S2/c19-13-2-1-3-16-17(13)20-18(27-16)26-11-9-21(10-11)28(22,23)12-4-5-14-15(8-12)25-7-6-24-14/h1-5,8,11H,6-7,9-10H2. The van der Waals surface area contributed by atoms with Gasteiger partial charge in [0.15, 0.2) is 11.5 Å². The van der Waals surface area contributed by atoms with E-state index in [1.165, 1.54) is 33.8 Å². The summed E-state index contributed by atoms with van der Waals surface area (Å²) in [6.45, 7) is 1.24. The second kappa shape index (κ2) is 6.57. The first-order chi connectivity index (χ1) is 13.5. The minimum absolute atomic E-state index is 0.150. The molecule has 3 heterocycles. The summed E-state index contributed by atoms with van der Waals surface area (Å²) < 4.78 is 58.0. The van der Waals surface area contributed by atoms with Gasteiger partial charge in [-0.3, -0.25) is 0 Å². The van der Waals surface area contributed by atoms with Crippen LogP contribution in [0.1, 0.15) is 0 Å². The number of benzene rings is 2. The van der Waals surface area contributed by atoms with Crippen molar-refractivity contribution in [3.8, 4) is 16.7 Å². The van der Waals surface area contributed by atoms with E-state index in [0.29, 0.717) is 34.6 Å². The first kappa shape index (κ1) is 17.7. The topological polar surface area (TPSA) is 78.0 Å². The van der Waals surface area contributed by atoms with Gasteiger partial charge in [0.25, 0.3) is 5.19 Å². The number of thiazole rings is 1. The molecule has 0 bridgehead atoms. The van der Waals surface area contributed by atoms with E-state index in [-0.39, 0.29) is 29.6 Å². The number of rotatable bonds is 4. The molecular formula is C18H15FN2O5S2. The molecular weight excluding hydrogens is 407 g/mol. The molecule has 3 aromatic rings. The average molecular weight is 422 g/mol. The summed E-state index contributed by atoms with van der Waals surface area (Å²) in [5.74, 6) is 0.565. The van der Waals surface area contributed by atoms with Crippen molar-refractivity contribution in [2.75, 3.05) is 26.3 Å². The molecule has 2 aliphatic heterocycles. The molecule has 0 amide bonds. The van der Waals surface area contributed by atoms with Crippen LogP contribution < -0.4 is 14.2 Å². The number of hydrogen-bond acceptors (Lipinski definition) is 7. The van der Waals surface area contributed by atoms with Gasteiger partial charge in [0.1, 0.15) is 30.7 Å². The summed E-state index contributed by atoms with van der Waals surface area (Å²) in [5, 5.41) is 0.335. The van der Waals surface area contributed by atoms with Gasteiger partial charge in [-0.1, -0.05) is 17.4 Å². The highest BCUT2D eigenvalue weighted by Gasteiger charge is 2.39. The Labute approximate surface area is 164 Å². The van der Waals surface area contributed by atoms with Gasteiger partial charge in [-0.25, -0.2) is 12.8 Å².